The molecule has 452 valence electrons. The van der Waals surface area contributed by atoms with Crippen LogP contribution in [0.15, 0.2) is 109 Å². The highest BCUT2D eigenvalue weighted by atomic mass is 16.6. The Morgan fingerprint density at radius 1 is 0.500 bits per heavy atom. The molecule has 0 saturated heterocycles. The van der Waals surface area contributed by atoms with Crippen molar-refractivity contribution in [2.45, 2.75) is 79.6 Å². The van der Waals surface area contributed by atoms with Crippen LogP contribution >= 0.6 is 0 Å². The number of carbonyl (C=O) groups excluding carboxylic acids is 8. The Hall–Kier alpha value is -10.5. The molecule has 0 fully saturated rings. The molecule has 8 heterocycles. The number of nitrogens with zero attached hydrogens (tertiary/aromatic N) is 14. The topological polar surface area (TPSA) is 341 Å². The minimum absolute atomic E-state index is 0.0208. The fourth-order valence-corrected chi connectivity index (χ4v) is 7.79. The summed E-state index contributed by atoms with van der Waals surface area (Å²) in [6.45, 7) is 9.75. The highest BCUT2D eigenvalue weighted by molar-refractivity contribution is 6.10. The van der Waals surface area contributed by atoms with Crippen LogP contribution in [0.5, 0.6) is 11.8 Å². The normalized spacial score (nSPS) is 14.7. The van der Waals surface area contributed by atoms with Gasteiger partial charge in [-0.15, -0.1) is 0 Å². The molecule has 4 aliphatic heterocycles. The molecule has 86 heavy (non-hydrogen) atoms. The largest absolute Gasteiger partial charge is 0.476 e. The first kappa shape index (κ1) is 66.3. The number of benzene rings is 2. The van der Waals surface area contributed by atoms with Crippen LogP contribution in [0.3, 0.4) is 0 Å². The number of aromatic nitrogens is 8. The number of carbonyl (C=O) groups is 8. The molecule has 0 spiro atoms. The van der Waals surface area contributed by atoms with Crippen molar-refractivity contribution in [2.24, 2.45) is 14.1 Å². The number of nitro groups is 2. The minimum Gasteiger partial charge on any atom is -0.476 e. The lowest BCUT2D eigenvalue weighted by atomic mass is 10.0. The molecule has 0 unspecified atom stereocenters. The highest BCUT2D eigenvalue weighted by Gasteiger charge is 2.23. The molecule has 0 atom stereocenters. The molecule has 4 amide bonds. The summed E-state index contributed by atoms with van der Waals surface area (Å²) >= 11 is 0. The Bertz CT molecular complexity index is 3500. The molecular formula is C58H66N14O14. The molecule has 28 nitrogen and oxygen atoms in total. The molecule has 0 saturated carbocycles. The lowest BCUT2D eigenvalue weighted by Gasteiger charge is -2.18. The number of non-ortho nitro benzene ring substituents is 2. The second-order valence-corrected chi connectivity index (χ2v) is 19.7. The van der Waals surface area contributed by atoms with Gasteiger partial charge in [0.25, 0.3) is 11.4 Å². The molecule has 28 heteroatoms. The van der Waals surface area contributed by atoms with Crippen molar-refractivity contribution >= 4 is 80.5 Å². The second kappa shape index (κ2) is 30.7. The SMILES string of the molecule is CC1=CN(C)C(=O)CC1=O.CC1=CN(C)C(=O)CC1=O.CCC1=CN(C)C(=O)CC1=O.CN1C=CC(=O)CC1=O.Cc1nc(OCCc2ccc([N+](=O)[O-])cc2)c2ncn(C)c2n1.Cc1nc(OCCc2ccc([N+](=O)[O-])cc2)c2ncn(C)c2n1. The Morgan fingerprint density at radius 2 is 0.872 bits per heavy atom. The predicted molar refractivity (Wildman–Crippen MR) is 311 cm³/mol. The minimum atomic E-state index is -0.415. The Balaban J connectivity index is 0.000000198. The first-order valence-corrected chi connectivity index (χ1v) is 26.6. The number of ketones is 4. The van der Waals surface area contributed by atoms with Crippen molar-refractivity contribution in [3.63, 3.8) is 0 Å². The molecule has 10 rings (SSSR count). The van der Waals surface area contributed by atoms with Crippen molar-refractivity contribution in [2.75, 3.05) is 41.4 Å². The van der Waals surface area contributed by atoms with E-state index in [1.165, 1.54) is 56.1 Å². The van der Waals surface area contributed by atoms with E-state index in [1.807, 2.05) is 30.2 Å². The third-order valence-electron chi connectivity index (χ3n) is 12.9. The maximum absolute atomic E-state index is 11.1. The van der Waals surface area contributed by atoms with E-state index in [-0.39, 0.29) is 83.8 Å². The average molecular weight is 1180 g/mol. The number of hydrogen-bond donors (Lipinski definition) is 0. The summed E-state index contributed by atoms with van der Waals surface area (Å²) in [5.41, 5.74) is 6.83. The van der Waals surface area contributed by atoms with Gasteiger partial charge < -0.3 is 38.2 Å². The van der Waals surface area contributed by atoms with Gasteiger partial charge in [-0.3, -0.25) is 58.6 Å². The molecule has 2 aromatic carbocycles. The zero-order valence-electron chi connectivity index (χ0n) is 49.5. The molecule has 0 N–H and O–H groups in total. The summed E-state index contributed by atoms with van der Waals surface area (Å²) < 4.78 is 15.1. The van der Waals surface area contributed by atoms with Crippen molar-refractivity contribution < 1.29 is 57.7 Å². The zero-order valence-corrected chi connectivity index (χ0v) is 49.5. The number of allylic oxidation sites excluding steroid dienone is 4. The standard InChI is InChI=1S/2C15H15N5O3.C8H11NO2.2C7H9NO2.C6H7NO2/c2*1-10-17-14-13(16-9-19(14)2)15(18-10)23-8-7-11-3-5-12(6-4-11)20(21)22;1-3-6-5-9(2)8(11)4-7(6)10;2*1-5-4-8(2)7(10)3-6(5)9;1-7-3-2-5(8)4-6(7)9/h2*3-6,9H,7-8H2,1-2H3;5H,3-4H2,1-2H3;2*4H,3H2,1-2H3;2-3H,4H2,1H3. The number of Topliss-reactive ketones (excluding diaryl/α,β-unsaturated/α-hetero) is 3. The van der Waals surface area contributed by atoms with Crippen LogP contribution in [-0.2, 0) is 65.3 Å². The van der Waals surface area contributed by atoms with E-state index in [9.17, 15) is 58.6 Å². The maximum Gasteiger partial charge on any atom is 0.269 e. The van der Waals surface area contributed by atoms with Gasteiger partial charge >= 0.3 is 0 Å². The average Bonchev–Trinajstić information content (AvgIpc) is 2.62. The third-order valence-corrected chi connectivity index (χ3v) is 12.9. The van der Waals surface area contributed by atoms with Gasteiger partial charge in [0.05, 0.1) is 61.4 Å². The van der Waals surface area contributed by atoms with Gasteiger partial charge in [0.15, 0.2) is 45.5 Å². The molecule has 0 aliphatic carbocycles. The van der Waals surface area contributed by atoms with Crippen LogP contribution in [0, 0.1) is 34.1 Å². The van der Waals surface area contributed by atoms with Gasteiger partial charge in [-0.05, 0) is 51.3 Å². The fraction of sp³-hybridized carbons (Fsp3) is 0.345. The van der Waals surface area contributed by atoms with Gasteiger partial charge in [0.2, 0.25) is 35.4 Å². The van der Waals surface area contributed by atoms with Gasteiger partial charge in [0.1, 0.15) is 11.6 Å². The Morgan fingerprint density at radius 3 is 1.22 bits per heavy atom. The Labute approximate surface area is 493 Å². The van der Waals surface area contributed by atoms with E-state index < -0.39 is 9.85 Å². The van der Waals surface area contributed by atoms with E-state index in [0.717, 1.165) is 28.0 Å². The number of nitro benzene ring substituents is 2. The quantitative estimate of drug-likeness (QED) is 0.0854. The van der Waals surface area contributed by atoms with Gasteiger partial charge in [-0.2, -0.15) is 9.97 Å². The number of hydrogen-bond acceptors (Lipinski definition) is 20. The summed E-state index contributed by atoms with van der Waals surface area (Å²) in [5.74, 6) is 1.35. The molecule has 4 aromatic heterocycles. The highest BCUT2D eigenvalue weighted by Crippen LogP contribution is 2.23. The summed E-state index contributed by atoms with van der Waals surface area (Å²) in [6, 6.07) is 12.9. The smallest absolute Gasteiger partial charge is 0.269 e. The van der Waals surface area contributed by atoms with Crippen LogP contribution in [-0.4, -0.2) is 157 Å². The maximum atomic E-state index is 11.1. The van der Waals surface area contributed by atoms with Crippen LogP contribution in [0.1, 0.15) is 75.7 Å². The monoisotopic (exact) mass is 1180 g/mol. The molecule has 6 aromatic rings. The summed E-state index contributed by atoms with van der Waals surface area (Å²) in [5, 5.41) is 21.3. The summed E-state index contributed by atoms with van der Waals surface area (Å²) in [7, 11) is 10.3. The van der Waals surface area contributed by atoms with Gasteiger partial charge in [-0.25, -0.2) is 19.9 Å². The van der Waals surface area contributed by atoms with E-state index in [1.54, 1.807) is 111 Å². The molecular weight excluding hydrogens is 1120 g/mol. The van der Waals surface area contributed by atoms with Gasteiger partial charge in [-0.1, -0.05) is 31.2 Å². The Kier molecular flexibility index (Phi) is 23.6. The van der Waals surface area contributed by atoms with E-state index in [0.29, 0.717) is 78.1 Å². The molecule has 0 radical (unpaired) electrons. The molecule has 4 aliphatic rings. The number of imidazole rings is 2. The van der Waals surface area contributed by atoms with Crippen LogP contribution in [0.2, 0.25) is 0 Å². The predicted octanol–water partition coefficient (Wildman–Crippen LogP) is 5.69. The van der Waals surface area contributed by atoms with Crippen molar-refractivity contribution in [3.8, 4) is 11.8 Å². The summed E-state index contributed by atoms with van der Waals surface area (Å²) in [4.78, 5) is 138. The number of rotatable bonds is 11. The van der Waals surface area contributed by atoms with Crippen molar-refractivity contribution in [1.29, 1.82) is 0 Å². The molecule has 0 bridgehead atoms. The van der Waals surface area contributed by atoms with E-state index >= 15 is 0 Å². The van der Waals surface area contributed by atoms with Gasteiger partial charge in [0, 0.05) is 121 Å². The number of ether oxygens (including phenoxy) is 2. The lowest BCUT2D eigenvalue weighted by molar-refractivity contribution is -0.385. The second-order valence-electron chi connectivity index (χ2n) is 19.7. The van der Waals surface area contributed by atoms with Crippen LogP contribution < -0.4 is 9.47 Å². The number of amides is 4. The zero-order chi connectivity index (χ0) is 63.5. The third kappa shape index (κ3) is 19.0. The van der Waals surface area contributed by atoms with Crippen LogP contribution in [0.25, 0.3) is 22.3 Å². The summed E-state index contributed by atoms with van der Waals surface area (Å²) in [6.07, 6.45) is 13.0. The van der Waals surface area contributed by atoms with E-state index in [2.05, 4.69) is 29.9 Å². The number of fused-ring (bicyclic) bond motifs is 2. The first-order chi connectivity index (χ1) is 40.6. The first-order valence-electron chi connectivity index (χ1n) is 26.6. The van der Waals surface area contributed by atoms with Crippen molar-refractivity contribution in [3.05, 3.63) is 152 Å². The fourth-order valence-electron chi connectivity index (χ4n) is 7.79. The number of aryl methyl sites for hydroxylation is 4. The van der Waals surface area contributed by atoms with Crippen LogP contribution in [0.4, 0.5) is 11.4 Å². The van der Waals surface area contributed by atoms with Crippen molar-refractivity contribution in [1.82, 2.24) is 58.6 Å². The lowest BCUT2D eigenvalue weighted by Crippen LogP contribution is -2.29. The van der Waals surface area contributed by atoms with E-state index in [4.69, 9.17) is 9.47 Å².